The fourth-order valence-corrected chi connectivity index (χ4v) is 1.70. The highest BCUT2D eigenvalue weighted by atomic mass is 79.9. The van der Waals surface area contributed by atoms with E-state index in [-0.39, 0.29) is 11.7 Å². The SMILES string of the molecule is CC(C)C(C)OCc1ccc(C(=O)O)cc1Br. The van der Waals surface area contributed by atoms with E-state index in [0.29, 0.717) is 12.5 Å². The van der Waals surface area contributed by atoms with Crippen molar-refractivity contribution in [3.05, 3.63) is 33.8 Å². The van der Waals surface area contributed by atoms with Gasteiger partial charge in [-0.05, 0) is 30.5 Å². The summed E-state index contributed by atoms with van der Waals surface area (Å²) in [5.41, 5.74) is 1.24. The lowest BCUT2D eigenvalue weighted by Crippen LogP contribution is -2.15. The van der Waals surface area contributed by atoms with E-state index >= 15 is 0 Å². The molecular formula is C13H17BrO3. The molecule has 0 aliphatic carbocycles. The quantitative estimate of drug-likeness (QED) is 0.902. The first-order chi connectivity index (χ1) is 7.91. The van der Waals surface area contributed by atoms with E-state index in [9.17, 15) is 4.79 Å². The highest BCUT2D eigenvalue weighted by Crippen LogP contribution is 2.21. The summed E-state index contributed by atoms with van der Waals surface area (Å²) in [5.74, 6) is -0.458. The second kappa shape index (κ2) is 6.17. The Kier molecular flexibility index (Phi) is 5.15. The molecular weight excluding hydrogens is 284 g/mol. The Bertz CT molecular complexity index is 402. The molecule has 17 heavy (non-hydrogen) atoms. The molecule has 0 radical (unpaired) electrons. The molecule has 1 aromatic carbocycles. The van der Waals surface area contributed by atoms with Gasteiger partial charge in [0.1, 0.15) is 0 Å². The summed E-state index contributed by atoms with van der Waals surface area (Å²) in [6.45, 7) is 6.73. The van der Waals surface area contributed by atoms with Crippen molar-refractivity contribution < 1.29 is 14.6 Å². The van der Waals surface area contributed by atoms with E-state index in [1.165, 1.54) is 0 Å². The van der Waals surface area contributed by atoms with Crippen molar-refractivity contribution in [3.63, 3.8) is 0 Å². The molecule has 0 fully saturated rings. The number of rotatable bonds is 5. The second-order valence-corrected chi connectivity index (χ2v) is 5.23. The van der Waals surface area contributed by atoms with Crippen molar-refractivity contribution >= 4 is 21.9 Å². The smallest absolute Gasteiger partial charge is 0.335 e. The lowest BCUT2D eigenvalue weighted by molar-refractivity contribution is 0.0232. The van der Waals surface area contributed by atoms with Gasteiger partial charge in [0.25, 0.3) is 0 Å². The Morgan fingerprint density at radius 3 is 2.53 bits per heavy atom. The first-order valence-electron chi connectivity index (χ1n) is 5.55. The maximum atomic E-state index is 10.8. The fourth-order valence-electron chi connectivity index (χ4n) is 1.21. The first kappa shape index (κ1) is 14.2. The highest BCUT2D eigenvalue weighted by Gasteiger charge is 2.10. The molecule has 1 unspecified atom stereocenters. The molecule has 94 valence electrons. The van der Waals surface area contributed by atoms with Gasteiger partial charge >= 0.3 is 5.97 Å². The predicted octanol–water partition coefficient (Wildman–Crippen LogP) is 3.71. The van der Waals surface area contributed by atoms with Crippen LogP contribution in [0.25, 0.3) is 0 Å². The van der Waals surface area contributed by atoms with Crippen molar-refractivity contribution in [2.24, 2.45) is 5.92 Å². The van der Waals surface area contributed by atoms with Gasteiger partial charge in [0.15, 0.2) is 0 Å². The molecule has 0 aromatic heterocycles. The Morgan fingerprint density at radius 1 is 1.41 bits per heavy atom. The molecule has 0 saturated heterocycles. The first-order valence-corrected chi connectivity index (χ1v) is 6.34. The fraction of sp³-hybridized carbons (Fsp3) is 0.462. The summed E-state index contributed by atoms with van der Waals surface area (Å²) in [7, 11) is 0. The molecule has 1 atom stereocenters. The van der Waals surface area contributed by atoms with Crippen molar-refractivity contribution in [1.82, 2.24) is 0 Å². The van der Waals surface area contributed by atoms with Crippen LogP contribution in [-0.2, 0) is 11.3 Å². The molecule has 0 amide bonds. The van der Waals surface area contributed by atoms with Crippen LogP contribution in [0.15, 0.2) is 22.7 Å². The Morgan fingerprint density at radius 2 is 2.06 bits per heavy atom. The van der Waals surface area contributed by atoms with E-state index in [1.54, 1.807) is 18.2 Å². The van der Waals surface area contributed by atoms with Gasteiger partial charge in [-0.15, -0.1) is 0 Å². The Balaban J connectivity index is 2.70. The average Bonchev–Trinajstić information content (AvgIpc) is 2.26. The number of ether oxygens (including phenoxy) is 1. The monoisotopic (exact) mass is 300 g/mol. The number of aromatic carboxylic acids is 1. The van der Waals surface area contributed by atoms with Gasteiger partial charge in [0.2, 0.25) is 0 Å². The zero-order chi connectivity index (χ0) is 13.0. The van der Waals surface area contributed by atoms with Crippen LogP contribution in [0.5, 0.6) is 0 Å². The molecule has 4 heteroatoms. The van der Waals surface area contributed by atoms with E-state index in [4.69, 9.17) is 9.84 Å². The maximum absolute atomic E-state index is 10.8. The molecule has 1 rings (SSSR count). The van der Waals surface area contributed by atoms with Gasteiger partial charge in [0, 0.05) is 4.47 Å². The van der Waals surface area contributed by atoms with Crippen LogP contribution in [-0.4, -0.2) is 17.2 Å². The van der Waals surface area contributed by atoms with Gasteiger partial charge < -0.3 is 9.84 Å². The van der Waals surface area contributed by atoms with Crippen molar-refractivity contribution in [2.45, 2.75) is 33.5 Å². The van der Waals surface area contributed by atoms with Crippen LogP contribution >= 0.6 is 15.9 Å². The minimum Gasteiger partial charge on any atom is -0.478 e. The number of hydrogen-bond acceptors (Lipinski definition) is 2. The van der Waals surface area contributed by atoms with E-state index in [1.807, 2.05) is 6.92 Å². The third-order valence-corrected chi connectivity index (χ3v) is 3.48. The van der Waals surface area contributed by atoms with Gasteiger partial charge in [0.05, 0.1) is 18.3 Å². The number of carboxylic acid groups (broad SMARTS) is 1. The summed E-state index contributed by atoms with van der Waals surface area (Å²) in [4.78, 5) is 10.8. The molecule has 0 bridgehead atoms. The largest absolute Gasteiger partial charge is 0.478 e. The number of carbonyl (C=O) groups is 1. The summed E-state index contributed by atoms with van der Waals surface area (Å²) in [6.07, 6.45) is 0.182. The minimum absolute atomic E-state index is 0.182. The third kappa shape index (κ3) is 4.13. The van der Waals surface area contributed by atoms with Gasteiger partial charge in [-0.2, -0.15) is 0 Å². The van der Waals surface area contributed by atoms with Crippen LogP contribution in [0.2, 0.25) is 0 Å². The van der Waals surface area contributed by atoms with E-state index in [2.05, 4.69) is 29.8 Å². The minimum atomic E-state index is -0.922. The molecule has 1 aromatic rings. The van der Waals surface area contributed by atoms with Crippen molar-refractivity contribution in [1.29, 1.82) is 0 Å². The van der Waals surface area contributed by atoms with Crippen LogP contribution in [0, 0.1) is 5.92 Å². The number of hydrogen-bond donors (Lipinski definition) is 1. The predicted molar refractivity (Wildman–Crippen MR) is 70.2 cm³/mol. The Hall–Kier alpha value is -0.870. The highest BCUT2D eigenvalue weighted by molar-refractivity contribution is 9.10. The summed E-state index contributed by atoms with van der Waals surface area (Å²) >= 11 is 3.36. The number of benzene rings is 1. The molecule has 3 nitrogen and oxygen atoms in total. The van der Waals surface area contributed by atoms with Crippen molar-refractivity contribution in [3.8, 4) is 0 Å². The summed E-state index contributed by atoms with van der Waals surface area (Å²) < 4.78 is 6.46. The lowest BCUT2D eigenvalue weighted by atomic mass is 10.1. The summed E-state index contributed by atoms with van der Waals surface area (Å²) in [6, 6.07) is 4.97. The molecule has 0 aliphatic rings. The van der Waals surface area contributed by atoms with Crippen LogP contribution in [0.1, 0.15) is 36.7 Å². The van der Waals surface area contributed by atoms with Gasteiger partial charge in [-0.25, -0.2) is 4.79 Å². The molecule has 1 N–H and O–H groups in total. The molecule has 0 heterocycles. The molecule has 0 aliphatic heterocycles. The zero-order valence-electron chi connectivity index (χ0n) is 10.2. The number of carboxylic acids is 1. The van der Waals surface area contributed by atoms with Gasteiger partial charge in [-0.1, -0.05) is 35.8 Å². The maximum Gasteiger partial charge on any atom is 0.335 e. The third-order valence-electron chi connectivity index (χ3n) is 2.74. The van der Waals surface area contributed by atoms with Crippen LogP contribution in [0.4, 0.5) is 0 Å². The number of halogens is 1. The van der Waals surface area contributed by atoms with Crippen LogP contribution in [0.3, 0.4) is 0 Å². The van der Waals surface area contributed by atoms with E-state index in [0.717, 1.165) is 10.0 Å². The second-order valence-electron chi connectivity index (χ2n) is 4.37. The van der Waals surface area contributed by atoms with E-state index < -0.39 is 5.97 Å². The Labute approximate surface area is 110 Å². The topological polar surface area (TPSA) is 46.5 Å². The van der Waals surface area contributed by atoms with Crippen LogP contribution < -0.4 is 0 Å². The zero-order valence-corrected chi connectivity index (χ0v) is 11.8. The average molecular weight is 301 g/mol. The van der Waals surface area contributed by atoms with Gasteiger partial charge in [-0.3, -0.25) is 0 Å². The standard InChI is InChI=1S/C13H17BrO3/c1-8(2)9(3)17-7-11-5-4-10(13(15)16)6-12(11)14/h4-6,8-9H,7H2,1-3H3,(H,15,16). The molecule has 0 spiro atoms. The summed E-state index contributed by atoms with van der Waals surface area (Å²) in [5, 5.41) is 8.84. The normalized spacial score (nSPS) is 12.8. The van der Waals surface area contributed by atoms with Crippen molar-refractivity contribution in [2.75, 3.05) is 0 Å². The molecule has 0 saturated carbocycles. The lowest BCUT2D eigenvalue weighted by Gasteiger charge is -2.17.